The van der Waals surface area contributed by atoms with Gasteiger partial charge in [-0.15, -0.1) is 16.9 Å². The van der Waals surface area contributed by atoms with E-state index in [-0.39, 0.29) is 23.6 Å². The van der Waals surface area contributed by atoms with Crippen LogP contribution >= 0.6 is 11.8 Å². The van der Waals surface area contributed by atoms with Gasteiger partial charge < -0.3 is 10.2 Å². The third-order valence-corrected chi connectivity index (χ3v) is 3.44. The van der Waals surface area contributed by atoms with Crippen LogP contribution in [0.3, 0.4) is 0 Å². The number of aromatic nitrogens is 3. The number of pyridine rings is 1. The first kappa shape index (κ1) is 14.3. The summed E-state index contributed by atoms with van der Waals surface area (Å²) in [6, 6.07) is 1.87. The Balaban J connectivity index is 1.88. The Kier molecular flexibility index (Phi) is 4.57. The average molecular weight is 293 g/mol. The van der Waals surface area contributed by atoms with Crippen LogP contribution in [-0.4, -0.2) is 26.8 Å². The number of nitrogens with one attached hydrogen (secondary N) is 1. The minimum atomic E-state index is -0.231. The highest BCUT2D eigenvalue weighted by Gasteiger charge is 2.12. The minimum absolute atomic E-state index is 0.113. The van der Waals surface area contributed by atoms with Crippen LogP contribution in [-0.2, 0) is 4.79 Å². The predicted molar refractivity (Wildman–Crippen MR) is 76.4 cm³/mol. The molecule has 106 valence electrons. The van der Waals surface area contributed by atoms with Crippen LogP contribution in [0.25, 0.3) is 0 Å². The molecular formula is C12H15N5O2S. The minimum Gasteiger partial charge on any atom is -0.408 e. The number of hydrogen-bond donors (Lipinski definition) is 2. The molecule has 0 saturated carbocycles. The molecule has 3 N–H and O–H groups in total. The molecule has 0 saturated heterocycles. The van der Waals surface area contributed by atoms with Gasteiger partial charge in [0.05, 0.1) is 17.6 Å². The number of anilines is 2. The highest BCUT2D eigenvalue weighted by Crippen LogP contribution is 2.23. The van der Waals surface area contributed by atoms with Crippen LogP contribution in [0.1, 0.15) is 25.7 Å². The van der Waals surface area contributed by atoms with Gasteiger partial charge in [0.1, 0.15) is 0 Å². The fourth-order valence-electron chi connectivity index (χ4n) is 1.34. The van der Waals surface area contributed by atoms with Crippen molar-refractivity contribution in [2.45, 2.75) is 24.7 Å². The largest absolute Gasteiger partial charge is 0.408 e. The molecule has 2 rings (SSSR count). The van der Waals surface area contributed by atoms with Crippen LogP contribution in [0.4, 0.5) is 11.7 Å². The first-order chi connectivity index (χ1) is 9.56. The summed E-state index contributed by atoms with van der Waals surface area (Å²) in [5.41, 5.74) is 6.29. The van der Waals surface area contributed by atoms with Crippen molar-refractivity contribution in [3.63, 3.8) is 0 Å². The fourth-order valence-corrected chi connectivity index (χ4v) is 2.08. The Bertz CT molecular complexity index is 599. The lowest BCUT2D eigenvalue weighted by Gasteiger charge is -2.03. The zero-order valence-electron chi connectivity index (χ0n) is 11.2. The molecule has 2 aromatic rings. The second-order valence-electron chi connectivity index (χ2n) is 4.35. The number of nitrogens with two attached hydrogens (primary N) is 1. The molecule has 2 aromatic heterocycles. The summed E-state index contributed by atoms with van der Waals surface area (Å²) in [7, 11) is 0. The summed E-state index contributed by atoms with van der Waals surface area (Å²) in [5.74, 6) is 0.587. The van der Waals surface area contributed by atoms with E-state index in [0.717, 1.165) is 4.90 Å². The van der Waals surface area contributed by atoms with Crippen molar-refractivity contribution in [1.82, 2.24) is 15.2 Å². The molecule has 20 heavy (non-hydrogen) atoms. The predicted octanol–water partition coefficient (Wildman–Crippen LogP) is 1.90. The SMILES string of the molecule is CC(C)c1nnc(NC(=O)CSc2ccncc2N)o1. The van der Waals surface area contributed by atoms with Gasteiger partial charge in [0.2, 0.25) is 11.8 Å². The van der Waals surface area contributed by atoms with E-state index in [1.165, 1.54) is 11.8 Å². The smallest absolute Gasteiger partial charge is 0.322 e. The number of rotatable bonds is 5. The van der Waals surface area contributed by atoms with Gasteiger partial charge >= 0.3 is 6.01 Å². The van der Waals surface area contributed by atoms with Crippen LogP contribution in [0.2, 0.25) is 0 Å². The molecular weight excluding hydrogens is 278 g/mol. The lowest BCUT2D eigenvalue weighted by molar-refractivity contribution is -0.113. The summed E-state index contributed by atoms with van der Waals surface area (Å²) in [4.78, 5) is 16.5. The zero-order chi connectivity index (χ0) is 14.5. The molecule has 2 heterocycles. The molecule has 0 atom stereocenters. The summed E-state index contributed by atoms with van der Waals surface area (Å²) in [5, 5.41) is 10.1. The summed E-state index contributed by atoms with van der Waals surface area (Å²) >= 11 is 1.32. The number of carbonyl (C=O) groups is 1. The van der Waals surface area contributed by atoms with E-state index in [2.05, 4.69) is 20.5 Å². The van der Waals surface area contributed by atoms with Gasteiger partial charge in [-0.25, -0.2) is 0 Å². The first-order valence-corrected chi connectivity index (χ1v) is 7.00. The molecule has 0 fully saturated rings. The van der Waals surface area contributed by atoms with Crippen LogP contribution < -0.4 is 11.1 Å². The maximum Gasteiger partial charge on any atom is 0.322 e. The highest BCUT2D eigenvalue weighted by atomic mass is 32.2. The molecule has 7 nitrogen and oxygen atoms in total. The summed E-state index contributed by atoms with van der Waals surface area (Å²) < 4.78 is 5.29. The Morgan fingerprint density at radius 3 is 2.95 bits per heavy atom. The lowest BCUT2D eigenvalue weighted by atomic mass is 10.2. The topological polar surface area (TPSA) is 107 Å². The van der Waals surface area contributed by atoms with Crippen molar-refractivity contribution >= 4 is 29.4 Å². The molecule has 0 bridgehead atoms. The summed E-state index contributed by atoms with van der Waals surface area (Å²) in [6.45, 7) is 3.86. The normalized spacial score (nSPS) is 10.8. The molecule has 0 aliphatic rings. The monoisotopic (exact) mass is 293 g/mol. The number of hydrogen-bond acceptors (Lipinski definition) is 7. The second kappa shape index (κ2) is 6.38. The van der Waals surface area contributed by atoms with Crippen molar-refractivity contribution in [2.24, 2.45) is 0 Å². The third-order valence-electron chi connectivity index (χ3n) is 2.35. The van der Waals surface area contributed by atoms with E-state index in [1.54, 1.807) is 18.5 Å². The quantitative estimate of drug-likeness (QED) is 0.811. The molecule has 0 aliphatic heterocycles. The Labute approximate surface area is 120 Å². The molecule has 1 amide bonds. The van der Waals surface area contributed by atoms with E-state index < -0.39 is 0 Å². The second-order valence-corrected chi connectivity index (χ2v) is 5.37. The Morgan fingerprint density at radius 2 is 2.30 bits per heavy atom. The number of nitrogen functional groups attached to an aromatic ring is 1. The maximum absolute atomic E-state index is 11.8. The molecule has 0 unspecified atom stereocenters. The van der Waals surface area contributed by atoms with E-state index in [4.69, 9.17) is 10.2 Å². The maximum atomic E-state index is 11.8. The zero-order valence-corrected chi connectivity index (χ0v) is 12.0. The van der Waals surface area contributed by atoms with Crippen LogP contribution in [0, 0.1) is 0 Å². The summed E-state index contributed by atoms with van der Waals surface area (Å²) in [6.07, 6.45) is 3.18. The van der Waals surface area contributed by atoms with Crippen molar-refractivity contribution in [3.05, 3.63) is 24.4 Å². The van der Waals surface area contributed by atoms with Gasteiger partial charge in [-0.3, -0.25) is 15.1 Å². The average Bonchev–Trinajstić information content (AvgIpc) is 2.86. The number of thioether (sulfide) groups is 1. The van der Waals surface area contributed by atoms with E-state index >= 15 is 0 Å². The van der Waals surface area contributed by atoms with Crippen molar-refractivity contribution in [1.29, 1.82) is 0 Å². The van der Waals surface area contributed by atoms with Gasteiger partial charge in [-0.1, -0.05) is 18.9 Å². The van der Waals surface area contributed by atoms with E-state index in [1.807, 2.05) is 13.8 Å². The first-order valence-electron chi connectivity index (χ1n) is 6.02. The molecule has 0 aromatic carbocycles. The van der Waals surface area contributed by atoms with Gasteiger partial charge in [-0.2, -0.15) is 0 Å². The lowest BCUT2D eigenvalue weighted by Crippen LogP contribution is -2.14. The van der Waals surface area contributed by atoms with E-state index in [9.17, 15) is 4.79 Å². The van der Waals surface area contributed by atoms with Crippen molar-refractivity contribution < 1.29 is 9.21 Å². The van der Waals surface area contributed by atoms with Gasteiger partial charge in [0, 0.05) is 17.0 Å². The standard InChI is InChI=1S/C12H15N5O2S/c1-7(2)11-16-17-12(19-11)15-10(18)6-20-9-3-4-14-5-8(9)13/h3-5,7H,6,13H2,1-2H3,(H,15,17,18). The number of nitrogens with zero attached hydrogens (tertiary/aromatic N) is 3. The molecule has 0 spiro atoms. The van der Waals surface area contributed by atoms with Crippen molar-refractivity contribution in [3.8, 4) is 0 Å². The van der Waals surface area contributed by atoms with Crippen molar-refractivity contribution in [2.75, 3.05) is 16.8 Å². The van der Waals surface area contributed by atoms with Gasteiger partial charge in [-0.05, 0) is 6.07 Å². The Morgan fingerprint density at radius 1 is 1.50 bits per heavy atom. The van der Waals surface area contributed by atoms with E-state index in [0.29, 0.717) is 11.6 Å². The fraction of sp³-hybridized carbons (Fsp3) is 0.333. The van der Waals surface area contributed by atoms with Gasteiger partial charge in [0.25, 0.3) is 0 Å². The molecule has 0 aliphatic carbocycles. The van der Waals surface area contributed by atoms with Crippen LogP contribution in [0.5, 0.6) is 0 Å². The molecule has 8 heteroatoms. The number of amides is 1. The third kappa shape index (κ3) is 3.70. The number of carbonyl (C=O) groups excluding carboxylic acids is 1. The van der Waals surface area contributed by atoms with Crippen LogP contribution in [0.15, 0.2) is 27.8 Å². The Hall–Kier alpha value is -2.09. The highest BCUT2D eigenvalue weighted by molar-refractivity contribution is 8.00. The van der Waals surface area contributed by atoms with Gasteiger partial charge in [0.15, 0.2) is 0 Å². The molecule has 0 radical (unpaired) electrons.